The summed E-state index contributed by atoms with van der Waals surface area (Å²) in [5, 5.41) is 15.3. The van der Waals surface area contributed by atoms with Gasteiger partial charge in [-0.1, -0.05) is 0 Å². The van der Waals surface area contributed by atoms with E-state index >= 15 is 0 Å². The number of nitrogens with one attached hydrogen (secondary N) is 1. The Balaban J connectivity index is 1.41. The molecule has 1 aromatic carbocycles. The monoisotopic (exact) mass is 416 g/mol. The topological polar surface area (TPSA) is 67.0 Å². The minimum Gasteiger partial charge on any atom is -0.369 e. The van der Waals surface area contributed by atoms with Crippen LogP contribution in [0.15, 0.2) is 30.5 Å². The van der Waals surface area contributed by atoms with Crippen LogP contribution >= 0.6 is 0 Å². The predicted octanol–water partition coefficient (Wildman–Crippen LogP) is 2.62. The van der Waals surface area contributed by atoms with Crippen molar-refractivity contribution in [1.29, 1.82) is 0 Å². The minimum atomic E-state index is 0.291. The summed E-state index contributed by atoms with van der Waals surface area (Å²) in [6.45, 7) is 10.2. The summed E-state index contributed by atoms with van der Waals surface area (Å²) in [5.74, 6) is 0. The van der Waals surface area contributed by atoms with Gasteiger partial charge in [0.25, 0.3) is 0 Å². The molecule has 3 aromatic heterocycles. The van der Waals surface area contributed by atoms with Gasteiger partial charge >= 0.3 is 0 Å². The standard InChI is InChI=1S/C23H28N8/c1-15-10-21(19-12-25-28(3)23(19)26-15)30-13-16(2)31-22(14-30)18-5-4-17(11-20(18)27-31)29-8-6-24-7-9-29/h4-5,10-12,16,24H,6-9,13-14H2,1-3H3/t16-/m1/s1. The van der Waals surface area contributed by atoms with Gasteiger partial charge < -0.3 is 15.1 Å². The minimum absolute atomic E-state index is 0.291. The highest BCUT2D eigenvalue weighted by Gasteiger charge is 2.27. The molecule has 2 aliphatic rings. The van der Waals surface area contributed by atoms with Gasteiger partial charge in [0.05, 0.1) is 41.1 Å². The van der Waals surface area contributed by atoms with E-state index < -0.39 is 0 Å². The Hall–Kier alpha value is -3.13. The average Bonchev–Trinajstić information content (AvgIpc) is 3.34. The van der Waals surface area contributed by atoms with E-state index in [1.807, 2.05) is 17.9 Å². The Labute approximate surface area is 181 Å². The summed E-state index contributed by atoms with van der Waals surface area (Å²) in [6, 6.07) is 9.26. The Morgan fingerprint density at radius 1 is 1.06 bits per heavy atom. The first-order valence-electron chi connectivity index (χ1n) is 11.1. The first-order valence-corrected chi connectivity index (χ1v) is 11.1. The fourth-order valence-corrected chi connectivity index (χ4v) is 5.09. The van der Waals surface area contributed by atoms with Crippen LogP contribution in [0.5, 0.6) is 0 Å². The lowest BCUT2D eigenvalue weighted by atomic mass is 10.1. The van der Waals surface area contributed by atoms with Crippen LogP contribution in [-0.4, -0.2) is 57.3 Å². The lowest BCUT2D eigenvalue weighted by Gasteiger charge is -2.34. The van der Waals surface area contributed by atoms with E-state index in [-0.39, 0.29) is 0 Å². The van der Waals surface area contributed by atoms with Gasteiger partial charge in [-0.15, -0.1) is 0 Å². The maximum atomic E-state index is 5.02. The summed E-state index contributed by atoms with van der Waals surface area (Å²) in [7, 11) is 1.95. The van der Waals surface area contributed by atoms with Crippen LogP contribution in [-0.2, 0) is 13.6 Å². The zero-order valence-corrected chi connectivity index (χ0v) is 18.3. The zero-order chi connectivity index (χ0) is 21.1. The molecule has 1 fully saturated rings. The number of piperazine rings is 1. The average molecular weight is 417 g/mol. The molecule has 1 atom stereocenters. The number of hydrogen-bond acceptors (Lipinski definition) is 6. The summed E-state index contributed by atoms with van der Waals surface area (Å²) >= 11 is 0. The Morgan fingerprint density at radius 2 is 1.90 bits per heavy atom. The first-order chi connectivity index (χ1) is 15.1. The molecule has 0 radical (unpaired) electrons. The van der Waals surface area contributed by atoms with E-state index in [2.05, 4.69) is 63.0 Å². The Bertz CT molecular complexity index is 1280. The van der Waals surface area contributed by atoms with Gasteiger partial charge in [0, 0.05) is 56.5 Å². The first kappa shape index (κ1) is 18.6. The molecule has 31 heavy (non-hydrogen) atoms. The second-order valence-electron chi connectivity index (χ2n) is 8.85. The van der Waals surface area contributed by atoms with Crippen LogP contribution in [0, 0.1) is 6.92 Å². The van der Waals surface area contributed by atoms with Gasteiger partial charge in [-0.3, -0.25) is 9.36 Å². The van der Waals surface area contributed by atoms with Gasteiger partial charge in [-0.05, 0) is 38.1 Å². The van der Waals surface area contributed by atoms with Crippen LogP contribution in [0.4, 0.5) is 11.4 Å². The number of benzene rings is 1. The van der Waals surface area contributed by atoms with Gasteiger partial charge in [-0.2, -0.15) is 10.2 Å². The van der Waals surface area contributed by atoms with Crippen molar-refractivity contribution < 1.29 is 0 Å². The molecule has 0 unspecified atom stereocenters. The predicted molar refractivity (Wildman–Crippen MR) is 124 cm³/mol. The largest absolute Gasteiger partial charge is 0.369 e. The number of fused-ring (bicyclic) bond motifs is 4. The smallest absolute Gasteiger partial charge is 0.159 e. The molecule has 6 rings (SSSR count). The lowest BCUT2D eigenvalue weighted by molar-refractivity contribution is 0.430. The van der Waals surface area contributed by atoms with Gasteiger partial charge in [-0.25, -0.2) is 4.98 Å². The van der Waals surface area contributed by atoms with E-state index in [0.29, 0.717) is 6.04 Å². The molecule has 8 heteroatoms. The maximum absolute atomic E-state index is 5.02. The van der Waals surface area contributed by atoms with E-state index in [1.165, 1.54) is 22.5 Å². The molecular weight excluding hydrogens is 388 g/mol. The van der Waals surface area contributed by atoms with Crippen LogP contribution in [0.1, 0.15) is 24.4 Å². The fourth-order valence-electron chi connectivity index (χ4n) is 5.09. The number of anilines is 2. The molecule has 1 N–H and O–H groups in total. The zero-order valence-electron chi connectivity index (χ0n) is 18.3. The van der Waals surface area contributed by atoms with Crippen molar-refractivity contribution >= 4 is 33.3 Å². The van der Waals surface area contributed by atoms with Gasteiger partial charge in [0.1, 0.15) is 0 Å². The second-order valence-corrected chi connectivity index (χ2v) is 8.85. The van der Waals surface area contributed by atoms with Crippen molar-refractivity contribution in [3.8, 4) is 0 Å². The van der Waals surface area contributed by atoms with Crippen molar-refractivity contribution in [1.82, 2.24) is 29.9 Å². The van der Waals surface area contributed by atoms with E-state index in [9.17, 15) is 0 Å². The third-order valence-corrected chi connectivity index (χ3v) is 6.66. The van der Waals surface area contributed by atoms with Crippen molar-refractivity contribution in [3.63, 3.8) is 0 Å². The van der Waals surface area contributed by atoms with Crippen molar-refractivity contribution in [2.75, 3.05) is 42.5 Å². The lowest BCUT2D eigenvalue weighted by Crippen LogP contribution is -2.43. The van der Waals surface area contributed by atoms with E-state index in [1.54, 1.807) is 0 Å². The molecule has 0 bridgehead atoms. The molecule has 0 spiro atoms. The number of pyridine rings is 1. The molecular formula is C23H28N8. The molecule has 0 amide bonds. The normalized spacial score (nSPS) is 19.4. The highest BCUT2D eigenvalue weighted by atomic mass is 15.4. The summed E-state index contributed by atoms with van der Waals surface area (Å²) in [4.78, 5) is 9.60. The molecule has 4 aromatic rings. The molecule has 5 heterocycles. The van der Waals surface area contributed by atoms with Crippen molar-refractivity contribution in [2.45, 2.75) is 26.4 Å². The number of nitrogens with zero attached hydrogens (tertiary/aromatic N) is 7. The van der Waals surface area contributed by atoms with Crippen molar-refractivity contribution in [3.05, 3.63) is 41.9 Å². The maximum Gasteiger partial charge on any atom is 0.159 e. The third kappa shape index (κ3) is 2.96. The number of aryl methyl sites for hydroxylation is 2. The summed E-state index contributed by atoms with van der Waals surface area (Å²) in [5.41, 5.74) is 6.82. The highest BCUT2D eigenvalue weighted by Crippen LogP contribution is 2.35. The van der Waals surface area contributed by atoms with Crippen LogP contribution in [0.2, 0.25) is 0 Å². The molecule has 0 saturated carbocycles. The Morgan fingerprint density at radius 3 is 2.74 bits per heavy atom. The van der Waals surface area contributed by atoms with Crippen LogP contribution in [0.3, 0.4) is 0 Å². The summed E-state index contributed by atoms with van der Waals surface area (Å²) in [6.07, 6.45) is 1.94. The molecule has 8 nitrogen and oxygen atoms in total. The van der Waals surface area contributed by atoms with E-state index in [0.717, 1.165) is 61.5 Å². The van der Waals surface area contributed by atoms with Gasteiger partial charge in [0.15, 0.2) is 5.65 Å². The number of hydrogen-bond donors (Lipinski definition) is 1. The molecule has 0 aliphatic carbocycles. The molecule has 160 valence electrons. The fraction of sp³-hybridized carbons (Fsp3) is 0.435. The van der Waals surface area contributed by atoms with Crippen LogP contribution < -0.4 is 15.1 Å². The van der Waals surface area contributed by atoms with Gasteiger partial charge in [0.2, 0.25) is 0 Å². The summed E-state index contributed by atoms with van der Waals surface area (Å²) < 4.78 is 4.09. The third-order valence-electron chi connectivity index (χ3n) is 6.66. The molecule has 2 aliphatic heterocycles. The Kier molecular flexibility index (Phi) is 4.17. The van der Waals surface area contributed by atoms with Crippen molar-refractivity contribution in [2.24, 2.45) is 7.05 Å². The second kappa shape index (κ2) is 6.95. The number of rotatable bonds is 2. The molecule has 1 saturated heterocycles. The SMILES string of the molecule is Cc1cc(N2Cc3c4ccc(N5CCNCC5)cc4nn3[C@H](C)C2)c2cnn(C)c2n1. The van der Waals surface area contributed by atoms with Crippen LogP contribution in [0.25, 0.3) is 21.9 Å². The highest BCUT2D eigenvalue weighted by molar-refractivity contribution is 5.91. The quantitative estimate of drug-likeness (QED) is 0.542. The number of aromatic nitrogens is 5. The van der Waals surface area contributed by atoms with E-state index in [4.69, 9.17) is 10.1 Å².